The second kappa shape index (κ2) is 13.2. The number of halogens is 22. The predicted molar refractivity (Wildman–Crippen MR) is 118 cm³/mol. The van der Waals surface area contributed by atoms with E-state index >= 15 is 0 Å². The summed E-state index contributed by atoms with van der Waals surface area (Å²) in [6.45, 7) is 5.71. The molecule has 0 aliphatic rings. The van der Waals surface area contributed by atoms with Crippen LogP contribution in [0, 0.1) is 22.7 Å². The van der Waals surface area contributed by atoms with Crippen LogP contribution in [-0.4, -0.2) is 72.8 Å². The minimum absolute atomic E-state index is 0.339. The van der Waals surface area contributed by atoms with Crippen LogP contribution >= 0.6 is 0 Å². The van der Waals surface area contributed by atoms with E-state index in [1.165, 1.54) is 6.92 Å². The summed E-state index contributed by atoms with van der Waals surface area (Å²) in [4.78, 5) is 12.1. The Hall–Kier alpha value is -2.07. The fourth-order valence-electron chi connectivity index (χ4n) is 3.99. The van der Waals surface area contributed by atoms with Gasteiger partial charge in [-0.3, -0.25) is 4.79 Å². The molecule has 24 heteroatoms. The van der Waals surface area contributed by atoms with Crippen LogP contribution in [-0.2, 0) is 9.53 Å². The largest absolute Gasteiger partial charge is 0.465 e. The molecule has 48 heavy (non-hydrogen) atoms. The van der Waals surface area contributed by atoms with E-state index in [1.54, 1.807) is 20.8 Å². The normalized spacial score (nSPS) is 17.6. The lowest BCUT2D eigenvalue weighted by Crippen LogP contribution is -2.78. The second-order valence-electron chi connectivity index (χ2n) is 11.6. The van der Waals surface area contributed by atoms with Gasteiger partial charge in [0.15, 0.2) is 0 Å². The summed E-state index contributed by atoms with van der Waals surface area (Å²) >= 11 is 0. The Bertz CT molecular complexity index is 1090. The third kappa shape index (κ3) is 6.95. The number of hydrogen-bond donors (Lipinski definition) is 0. The predicted octanol–water partition coefficient (Wildman–Crippen LogP) is 10.8. The number of carbonyl (C=O) groups is 1. The maximum absolute atomic E-state index is 14.9. The molecular weight excluding hydrogens is 738 g/mol. The molecule has 0 N–H and O–H groups in total. The van der Waals surface area contributed by atoms with E-state index in [1.807, 2.05) is 0 Å². The fraction of sp³-hybridized carbons (Fsp3) is 0.958. The van der Waals surface area contributed by atoms with Gasteiger partial charge in [0, 0.05) is 0 Å². The van der Waals surface area contributed by atoms with Gasteiger partial charge in [-0.05, 0) is 24.2 Å². The molecule has 0 aliphatic heterocycles. The molecule has 0 aromatic carbocycles. The SMILES string of the molecule is CCC(C)(C)C(C)C(=O)OCC(C)CCC(F)C(C(F)(F)F)(C(F)(F)F)C(F)(F)C(F)(F)C(F)(F)C(F)(F)C(F)(F)C(F)(F)C(F)(F)F. The Kier molecular flexibility index (Phi) is 12.7. The lowest BCUT2D eigenvalue weighted by molar-refractivity contribution is -0.490. The maximum atomic E-state index is 14.9. The average Bonchev–Trinajstić information content (AvgIpc) is 2.87. The van der Waals surface area contributed by atoms with Gasteiger partial charge in [-0.25, -0.2) is 4.39 Å². The summed E-state index contributed by atoms with van der Waals surface area (Å²) in [5.74, 6) is -58.2. The van der Waals surface area contributed by atoms with Crippen molar-refractivity contribution in [3.05, 3.63) is 0 Å². The molecule has 0 aliphatic carbocycles. The number of carbonyl (C=O) groups excluding carboxylic acids is 1. The van der Waals surface area contributed by atoms with Crippen molar-refractivity contribution in [2.24, 2.45) is 22.7 Å². The lowest BCUT2D eigenvalue weighted by atomic mass is 9.69. The van der Waals surface area contributed by atoms with E-state index in [4.69, 9.17) is 4.74 Å². The van der Waals surface area contributed by atoms with E-state index in [0.29, 0.717) is 6.42 Å². The van der Waals surface area contributed by atoms with Crippen LogP contribution in [0.15, 0.2) is 0 Å². The Morgan fingerprint density at radius 1 is 0.542 bits per heavy atom. The molecule has 3 unspecified atom stereocenters. The van der Waals surface area contributed by atoms with Crippen LogP contribution in [0.25, 0.3) is 0 Å². The van der Waals surface area contributed by atoms with Crippen molar-refractivity contribution in [2.45, 2.75) is 114 Å². The number of esters is 1. The summed E-state index contributed by atoms with van der Waals surface area (Å²) in [5.41, 5.74) is -9.01. The summed E-state index contributed by atoms with van der Waals surface area (Å²) < 4.78 is 305. The van der Waals surface area contributed by atoms with E-state index in [2.05, 4.69) is 0 Å². The Morgan fingerprint density at radius 3 is 1.19 bits per heavy atom. The third-order valence-electron chi connectivity index (χ3n) is 8.05. The maximum Gasteiger partial charge on any atom is 0.460 e. The quantitative estimate of drug-likeness (QED) is 0.123. The van der Waals surface area contributed by atoms with Crippen LogP contribution in [0.1, 0.15) is 53.9 Å². The highest BCUT2D eigenvalue weighted by atomic mass is 19.4. The first kappa shape index (κ1) is 45.9. The third-order valence-corrected chi connectivity index (χ3v) is 8.05. The molecule has 0 bridgehead atoms. The first-order valence-corrected chi connectivity index (χ1v) is 12.9. The Morgan fingerprint density at radius 2 is 0.875 bits per heavy atom. The molecule has 0 saturated heterocycles. The molecule has 0 aromatic rings. The van der Waals surface area contributed by atoms with Crippen molar-refractivity contribution in [3.8, 4) is 0 Å². The van der Waals surface area contributed by atoms with Crippen molar-refractivity contribution in [3.63, 3.8) is 0 Å². The van der Waals surface area contributed by atoms with Crippen LogP contribution in [0.5, 0.6) is 0 Å². The highest BCUT2D eigenvalue weighted by Crippen LogP contribution is 2.70. The second-order valence-corrected chi connectivity index (χ2v) is 11.6. The fourth-order valence-corrected chi connectivity index (χ4v) is 3.99. The van der Waals surface area contributed by atoms with E-state index in [-0.39, 0.29) is 0 Å². The van der Waals surface area contributed by atoms with E-state index in [9.17, 15) is 101 Å². The van der Waals surface area contributed by atoms with Gasteiger partial charge in [0.2, 0.25) is 0 Å². The van der Waals surface area contributed by atoms with Crippen molar-refractivity contribution in [1.29, 1.82) is 0 Å². The lowest BCUT2D eigenvalue weighted by Gasteiger charge is -2.49. The van der Waals surface area contributed by atoms with Gasteiger partial charge in [0.25, 0.3) is 5.41 Å². The van der Waals surface area contributed by atoms with Gasteiger partial charge in [-0.1, -0.05) is 41.0 Å². The van der Waals surface area contributed by atoms with Gasteiger partial charge in [0.05, 0.1) is 12.5 Å². The number of hydrogen-bond acceptors (Lipinski definition) is 2. The molecule has 0 aromatic heterocycles. The van der Waals surface area contributed by atoms with Crippen molar-refractivity contribution in [2.75, 3.05) is 6.61 Å². The molecular formula is C24H26F22O2. The highest BCUT2D eigenvalue weighted by molar-refractivity contribution is 5.72. The molecule has 0 spiro atoms. The molecule has 0 amide bonds. The molecule has 0 rings (SSSR count). The minimum Gasteiger partial charge on any atom is -0.465 e. The topological polar surface area (TPSA) is 26.3 Å². The van der Waals surface area contributed by atoms with Crippen molar-refractivity contribution >= 4 is 5.97 Å². The van der Waals surface area contributed by atoms with E-state index < -0.39 is 108 Å². The van der Waals surface area contributed by atoms with Crippen LogP contribution in [0.2, 0.25) is 0 Å². The molecule has 0 saturated carbocycles. The van der Waals surface area contributed by atoms with Crippen molar-refractivity contribution < 1.29 is 106 Å². The molecule has 0 heterocycles. The first-order chi connectivity index (χ1) is 20.7. The minimum atomic E-state index is -9.34. The van der Waals surface area contributed by atoms with Crippen LogP contribution in [0.3, 0.4) is 0 Å². The van der Waals surface area contributed by atoms with Crippen LogP contribution < -0.4 is 0 Å². The summed E-state index contributed by atoms with van der Waals surface area (Å²) in [6.07, 6.45) is -34.2. The van der Waals surface area contributed by atoms with E-state index in [0.717, 1.165) is 6.92 Å². The number of alkyl halides is 22. The Labute approximate surface area is 256 Å². The highest BCUT2D eigenvalue weighted by Gasteiger charge is 2.99. The van der Waals surface area contributed by atoms with Gasteiger partial charge >= 0.3 is 60.0 Å². The Balaban J connectivity index is 7.07. The van der Waals surface area contributed by atoms with Gasteiger partial charge in [0.1, 0.15) is 6.17 Å². The molecule has 3 atom stereocenters. The zero-order chi connectivity index (χ0) is 39.3. The molecule has 0 fully saturated rings. The monoisotopic (exact) mass is 764 g/mol. The van der Waals surface area contributed by atoms with Gasteiger partial charge in [-0.15, -0.1) is 0 Å². The molecule has 0 radical (unpaired) electrons. The van der Waals surface area contributed by atoms with Crippen molar-refractivity contribution in [1.82, 2.24) is 0 Å². The summed E-state index contributed by atoms with van der Waals surface area (Å²) in [6, 6.07) is 0. The smallest absolute Gasteiger partial charge is 0.460 e. The summed E-state index contributed by atoms with van der Waals surface area (Å²) in [5, 5.41) is 0. The number of ether oxygens (including phenoxy) is 1. The number of rotatable bonds is 15. The standard InChI is InChI=1S/C24H26F22O2/c1-6-14(4,5)11(3)13(47)48-9-10(2)7-8-12(25)15(22(38,39)40,23(41,42)43)16(26,27)17(28,29)18(30,31)19(32,33)20(34,35)21(36,37)24(44,45)46/h10-12H,6-9H2,1-5H3. The average molecular weight is 764 g/mol. The zero-order valence-electron chi connectivity index (χ0n) is 24.7. The van der Waals surface area contributed by atoms with Crippen LogP contribution in [0.4, 0.5) is 96.6 Å². The molecule has 288 valence electrons. The summed E-state index contributed by atoms with van der Waals surface area (Å²) in [7, 11) is 0. The molecule has 2 nitrogen and oxygen atoms in total. The van der Waals surface area contributed by atoms with Gasteiger partial charge in [-0.2, -0.15) is 92.2 Å². The van der Waals surface area contributed by atoms with Gasteiger partial charge < -0.3 is 4.74 Å². The first-order valence-electron chi connectivity index (χ1n) is 12.9. The zero-order valence-corrected chi connectivity index (χ0v) is 24.7.